The van der Waals surface area contributed by atoms with Crippen molar-refractivity contribution in [2.24, 2.45) is 0 Å². The molecule has 2 aliphatic heterocycles. The third-order valence-electron chi connectivity index (χ3n) is 12.5. The highest BCUT2D eigenvalue weighted by molar-refractivity contribution is 5.79. The number of methoxy groups -OCH3 is 7. The van der Waals surface area contributed by atoms with Crippen LogP contribution >= 0.6 is 0 Å². The summed E-state index contributed by atoms with van der Waals surface area (Å²) in [5.41, 5.74) is 7.18. The van der Waals surface area contributed by atoms with Crippen LogP contribution in [-0.2, 0) is 44.7 Å². The molecule has 350 valence electrons. The minimum absolute atomic E-state index is 0.0171. The van der Waals surface area contributed by atoms with E-state index < -0.39 is 0 Å². The second-order valence-corrected chi connectivity index (χ2v) is 16.2. The summed E-state index contributed by atoms with van der Waals surface area (Å²) in [7, 11) is 11.3. The third kappa shape index (κ3) is 12.2. The van der Waals surface area contributed by atoms with Crippen molar-refractivity contribution in [3.63, 3.8) is 0 Å². The number of aldehydes is 1. The van der Waals surface area contributed by atoms with Crippen molar-refractivity contribution in [3.05, 3.63) is 99.6 Å². The summed E-state index contributed by atoms with van der Waals surface area (Å²) in [5.74, 6) is 4.04. The van der Waals surface area contributed by atoms with E-state index in [4.69, 9.17) is 42.6 Å². The van der Waals surface area contributed by atoms with Gasteiger partial charge >= 0.3 is 11.9 Å². The van der Waals surface area contributed by atoms with Crippen LogP contribution in [0.2, 0.25) is 0 Å². The minimum Gasteiger partial charge on any atom is -0.496 e. The summed E-state index contributed by atoms with van der Waals surface area (Å²) in [6, 6.07) is 19.7. The van der Waals surface area contributed by atoms with Crippen molar-refractivity contribution < 1.29 is 57.0 Å². The van der Waals surface area contributed by atoms with Crippen molar-refractivity contribution in [2.45, 2.75) is 69.9 Å². The first kappa shape index (κ1) is 48.5. The van der Waals surface area contributed by atoms with Crippen LogP contribution < -0.4 is 33.2 Å². The molecular formula is C51H64N2O12. The number of carbonyl (C=O) groups is 3. The lowest BCUT2D eigenvalue weighted by atomic mass is 9.87. The van der Waals surface area contributed by atoms with E-state index in [0.717, 1.165) is 60.9 Å². The molecule has 2 aliphatic rings. The first-order chi connectivity index (χ1) is 31.7. The van der Waals surface area contributed by atoms with E-state index >= 15 is 0 Å². The molecular weight excluding hydrogens is 833 g/mol. The predicted molar refractivity (Wildman–Crippen MR) is 245 cm³/mol. The highest BCUT2D eigenvalue weighted by Crippen LogP contribution is 2.42. The number of ether oxygens (including phenoxy) is 9. The van der Waals surface area contributed by atoms with Gasteiger partial charge in [0.2, 0.25) is 0 Å². The fraction of sp³-hybridized carbons (Fsp3) is 0.471. The molecule has 0 unspecified atom stereocenters. The summed E-state index contributed by atoms with van der Waals surface area (Å²) in [6.07, 6.45) is 6.31. The Morgan fingerprint density at radius 2 is 0.938 bits per heavy atom. The van der Waals surface area contributed by atoms with E-state index in [1.807, 2.05) is 42.5 Å². The zero-order valence-electron chi connectivity index (χ0n) is 38.9. The number of fused-ring (bicyclic) bond motifs is 2. The van der Waals surface area contributed by atoms with E-state index in [2.05, 4.69) is 21.9 Å². The summed E-state index contributed by atoms with van der Waals surface area (Å²) >= 11 is 0. The second kappa shape index (κ2) is 23.8. The molecule has 4 aromatic carbocycles. The van der Waals surface area contributed by atoms with Crippen molar-refractivity contribution >= 4 is 18.2 Å². The molecule has 14 heteroatoms. The lowest BCUT2D eigenvalue weighted by Gasteiger charge is -2.38. The lowest BCUT2D eigenvalue weighted by molar-refractivity contribution is -0.144. The SMILES string of the molecule is COc1cc(C[C@@H]2c3cc(OC)c(OC)cc3CCN2CCC(=O)OCCCCCOC(=O)CCN2CCc3cc(OC)c(OC)cc3[C@H]2Cc2ccc(OC)c(OC)c2)ccc1C=O. The molecule has 0 saturated heterocycles. The number of hydrogen-bond donors (Lipinski definition) is 0. The van der Waals surface area contributed by atoms with E-state index in [-0.39, 0.29) is 36.9 Å². The molecule has 2 atom stereocenters. The summed E-state index contributed by atoms with van der Waals surface area (Å²) in [5, 5.41) is 0. The number of benzene rings is 4. The number of nitrogens with zero attached hydrogens (tertiary/aromatic N) is 2. The average Bonchev–Trinajstić information content (AvgIpc) is 3.34. The maximum atomic E-state index is 13.0. The molecule has 0 saturated carbocycles. The van der Waals surface area contributed by atoms with Gasteiger partial charge in [0.1, 0.15) is 5.75 Å². The summed E-state index contributed by atoms with van der Waals surface area (Å²) in [4.78, 5) is 42.2. The second-order valence-electron chi connectivity index (χ2n) is 16.2. The zero-order chi connectivity index (χ0) is 46.3. The van der Waals surface area contributed by atoms with Gasteiger partial charge in [0.15, 0.2) is 40.8 Å². The Morgan fingerprint density at radius 1 is 0.523 bits per heavy atom. The number of esters is 2. The van der Waals surface area contributed by atoms with Crippen molar-refractivity contribution in [1.82, 2.24) is 9.80 Å². The van der Waals surface area contributed by atoms with Gasteiger partial charge in [-0.3, -0.25) is 24.2 Å². The molecule has 65 heavy (non-hydrogen) atoms. The van der Waals surface area contributed by atoms with Crippen molar-refractivity contribution in [3.8, 4) is 40.2 Å². The minimum atomic E-state index is -0.257. The number of unbranched alkanes of at least 4 members (excludes halogenated alkanes) is 2. The van der Waals surface area contributed by atoms with Crippen LogP contribution in [0.5, 0.6) is 40.2 Å². The Labute approximate surface area is 382 Å². The molecule has 2 heterocycles. The van der Waals surface area contributed by atoms with Crippen molar-refractivity contribution in [1.29, 1.82) is 0 Å². The maximum absolute atomic E-state index is 13.0. The molecule has 0 fully saturated rings. The van der Waals surface area contributed by atoms with Gasteiger partial charge in [-0.15, -0.1) is 0 Å². The highest BCUT2D eigenvalue weighted by Gasteiger charge is 2.32. The smallest absolute Gasteiger partial charge is 0.307 e. The standard InChI is InChI=1S/C51H64N2O12/c1-57-43-14-12-35(28-45(43)59-3)26-42-40-32-49(63-7)47(61-5)30-37(40)16-20-53(42)22-18-51(56)65-24-10-8-9-23-64-50(55)17-21-52-19-15-36-29-46(60-4)48(62-6)31-39(36)41(52)25-34-11-13-38(33-54)44(27-34)58-2/h11-14,27-33,41-42H,8-10,15-26H2,1-7H3/t41-,42-/m1/s1. The molecule has 0 bridgehead atoms. The number of hydrogen-bond acceptors (Lipinski definition) is 14. The fourth-order valence-electron chi connectivity index (χ4n) is 8.97. The quantitative estimate of drug-likeness (QED) is 0.0388. The Bertz CT molecular complexity index is 2250. The van der Waals surface area contributed by atoms with Crippen LogP contribution in [0.15, 0.2) is 60.7 Å². The molecule has 0 amide bonds. The average molecular weight is 897 g/mol. The summed E-state index contributed by atoms with van der Waals surface area (Å²) < 4.78 is 50.4. The number of rotatable bonds is 24. The molecule has 14 nitrogen and oxygen atoms in total. The van der Waals surface area contributed by atoms with Gasteiger partial charge in [-0.1, -0.05) is 12.1 Å². The number of carbonyl (C=O) groups excluding carboxylic acids is 3. The first-order valence-electron chi connectivity index (χ1n) is 22.3. The first-order valence-corrected chi connectivity index (χ1v) is 22.3. The van der Waals surface area contributed by atoms with E-state index in [1.165, 1.54) is 11.1 Å². The Kier molecular flexibility index (Phi) is 17.7. The van der Waals surface area contributed by atoms with Crippen LogP contribution in [0, 0.1) is 0 Å². The van der Waals surface area contributed by atoms with Crippen LogP contribution in [0.4, 0.5) is 0 Å². The van der Waals surface area contributed by atoms with Gasteiger partial charge in [0.25, 0.3) is 0 Å². The van der Waals surface area contributed by atoms with Gasteiger partial charge in [0, 0.05) is 38.3 Å². The van der Waals surface area contributed by atoms with Gasteiger partial charge in [0.05, 0.1) is 81.4 Å². The van der Waals surface area contributed by atoms with Gasteiger partial charge < -0.3 is 42.6 Å². The molecule has 0 aliphatic carbocycles. The third-order valence-corrected chi connectivity index (χ3v) is 12.5. The molecule has 6 rings (SSSR count). The van der Waals surface area contributed by atoms with Crippen LogP contribution in [-0.4, -0.2) is 117 Å². The van der Waals surface area contributed by atoms with Crippen LogP contribution in [0.25, 0.3) is 0 Å². The molecule has 4 aromatic rings. The van der Waals surface area contributed by atoms with Crippen LogP contribution in [0.3, 0.4) is 0 Å². The van der Waals surface area contributed by atoms with Crippen LogP contribution in [0.1, 0.15) is 87.9 Å². The van der Waals surface area contributed by atoms with E-state index in [9.17, 15) is 14.4 Å². The van der Waals surface area contributed by atoms with E-state index in [1.54, 1.807) is 55.8 Å². The molecule has 0 radical (unpaired) electrons. The normalized spacial score (nSPS) is 15.8. The van der Waals surface area contributed by atoms with Gasteiger partial charge in [-0.05, 0) is 127 Å². The Hall–Kier alpha value is -5.99. The Balaban J connectivity index is 0.958. The molecule has 0 N–H and O–H groups in total. The summed E-state index contributed by atoms with van der Waals surface area (Å²) in [6.45, 7) is 3.18. The topological polar surface area (TPSA) is 141 Å². The monoisotopic (exact) mass is 896 g/mol. The lowest BCUT2D eigenvalue weighted by Crippen LogP contribution is -2.38. The molecule has 0 spiro atoms. The Morgan fingerprint density at radius 3 is 1.38 bits per heavy atom. The fourth-order valence-corrected chi connectivity index (χ4v) is 8.97. The zero-order valence-corrected chi connectivity index (χ0v) is 38.9. The van der Waals surface area contributed by atoms with Gasteiger partial charge in [-0.2, -0.15) is 0 Å². The highest BCUT2D eigenvalue weighted by atomic mass is 16.5. The van der Waals surface area contributed by atoms with Gasteiger partial charge in [-0.25, -0.2) is 0 Å². The van der Waals surface area contributed by atoms with E-state index in [0.29, 0.717) is 97.8 Å². The largest absolute Gasteiger partial charge is 0.496 e. The predicted octanol–water partition coefficient (Wildman–Crippen LogP) is 7.58. The van der Waals surface area contributed by atoms with Crippen molar-refractivity contribution in [2.75, 3.05) is 89.2 Å². The molecule has 0 aromatic heterocycles. The maximum Gasteiger partial charge on any atom is 0.307 e.